The summed E-state index contributed by atoms with van der Waals surface area (Å²) in [7, 11) is 1.65. The van der Waals surface area contributed by atoms with Gasteiger partial charge in [0, 0.05) is 23.7 Å². The minimum Gasteiger partial charge on any atom is -0.496 e. The van der Waals surface area contributed by atoms with Gasteiger partial charge >= 0.3 is 0 Å². The molecule has 4 heteroatoms. The third-order valence-electron chi connectivity index (χ3n) is 3.68. The topological polar surface area (TPSA) is 40.2 Å². The Hall–Kier alpha value is -2.33. The highest BCUT2D eigenvalue weighted by Crippen LogP contribution is 2.27. The van der Waals surface area contributed by atoms with Crippen LogP contribution in [0.5, 0.6) is 5.75 Å². The standard InChI is InChI=1S/C17H17FN2O/c1-21-17-4-2-3-16-14(17)7-8-20(16)11-13-9-12(10-19)5-6-15(13)18/h2-9H,10-11,19H2,1H3. The zero-order valence-electron chi connectivity index (χ0n) is 11.8. The monoisotopic (exact) mass is 284 g/mol. The molecule has 0 aliphatic heterocycles. The van der Waals surface area contributed by atoms with Crippen molar-refractivity contribution in [2.45, 2.75) is 13.1 Å². The van der Waals surface area contributed by atoms with E-state index in [1.54, 1.807) is 13.2 Å². The summed E-state index contributed by atoms with van der Waals surface area (Å²) in [5, 5.41) is 1.02. The van der Waals surface area contributed by atoms with Gasteiger partial charge < -0.3 is 15.0 Å². The van der Waals surface area contributed by atoms with Gasteiger partial charge in [-0.1, -0.05) is 12.1 Å². The van der Waals surface area contributed by atoms with Crippen molar-refractivity contribution in [3.8, 4) is 5.75 Å². The third-order valence-corrected chi connectivity index (χ3v) is 3.68. The molecule has 0 amide bonds. The van der Waals surface area contributed by atoms with Crippen molar-refractivity contribution in [2.24, 2.45) is 5.73 Å². The normalized spacial score (nSPS) is 11.0. The lowest BCUT2D eigenvalue weighted by Crippen LogP contribution is -2.03. The van der Waals surface area contributed by atoms with E-state index in [9.17, 15) is 4.39 Å². The van der Waals surface area contributed by atoms with Crippen LogP contribution >= 0.6 is 0 Å². The molecule has 0 unspecified atom stereocenters. The fourth-order valence-corrected chi connectivity index (χ4v) is 2.57. The van der Waals surface area contributed by atoms with Crippen LogP contribution in [0.1, 0.15) is 11.1 Å². The second-order valence-electron chi connectivity index (χ2n) is 4.97. The van der Waals surface area contributed by atoms with Crippen LogP contribution in [0.15, 0.2) is 48.7 Å². The zero-order valence-corrected chi connectivity index (χ0v) is 11.8. The predicted molar refractivity (Wildman–Crippen MR) is 81.9 cm³/mol. The molecule has 0 radical (unpaired) electrons. The van der Waals surface area contributed by atoms with Gasteiger partial charge in [-0.15, -0.1) is 0 Å². The van der Waals surface area contributed by atoms with Crippen LogP contribution in [0.25, 0.3) is 10.9 Å². The molecule has 2 aromatic carbocycles. The van der Waals surface area contributed by atoms with Crippen molar-refractivity contribution in [1.82, 2.24) is 4.57 Å². The number of aromatic nitrogens is 1. The van der Waals surface area contributed by atoms with Gasteiger partial charge in [-0.25, -0.2) is 4.39 Å². The average Bonchev–Trinajstić information content (AvgIpc) is 2.92. The van der Waals surface area contributed by atoms with Gasteiger partial charge in [-0.3, -0.25) is 0 Å². The highest BCUT2D eigenvalue weighted by Gasteiger charge is 2.09. The number of nitrogens with two attached hydrogens (primary N) is 1. The first-order chi connectivity index (χ1) is 10.2. The largest absolute Gasteiger partial charge is 0.496 e. The van der Waals surface area contributed by atoms with Crippen LogP contribution < -0.4 is 10.5 Å². The zero-order chi connectivity index (χ0) is 14.8. The molecule has 0 saturated carbocycles. The maximum atomic E-state index is 14.0. The van der Waals surface area contributed by atoms with E-state index in [0.717, 1.165) is 22.2 Å². The van der Waals surface area contributed by atoms with Crippen LogP contribution in [0.4, 0.5) is 4.39 Å². The fraction of sp³-hybridized carbons (Fsp3) is 0.176. The molecule has 1 heterocycles. The smallest absolute Gasteiger partial charge is 0.128 e. The maximum absolute atomic E-state index is 14.0. The Morgan fingerprint density at radius 1 is 1.19 bits per heavy atom. The van der Waals surface area contributed by atoms with Crippen molar-refractivity contribution in [2.75, 3.05) is 7.11 Å². The van der Waals surface area contributed by atoms with Crippen molar-refractivity contribution in [1.29, 1.82) is 0 Å². The first-order valence-electron chi connectivity index (χ1n) is 6.82. The Morgan fingerprint density at radius 3 is 2.81 bits per heavy atom. The van der Waals surface area contributed by atoms with E-state index < -0.39 is 0 Å². The summed E-state index contributed by atoms with van der Waals surface area (Å²) in [6, 6.07) is 12.9. The molecule has 3 nitrogen and oxygen atoms in total. The van der Waals surface area contributed by atoms with Crippen LogP contribution in [-0.4, -0.2) is 11.7 Å². The molecule has 0 atom stereocenters. The number of hydrogen-bond donors (Lipinski definition) is 1. The average molecular weight is 284 g/mol. The number of halogens is 1. The van der Waals surface area contributed by atoms with E-state index in [1.807, 2.05) is 41.1 Å². The Labute approximate surface area is 122 Å². The third kappa shape index (κ3) is 2.50. The van der Waals surface area contributed by atoms with E-state index >= 15 is 0 Å². The Bertz CT molecular complexity index is 780. The molecule has 0 aliphatic rings. The summed E-state index contributed by atoms with van der Waals surface area (Å²) in [6.07, 6.45) is 1.95. The fourth-order valence-electron chi connectivity index (χ4n) is 2.57. The number of ether oxygens (including phenoxy) is 1. The number of hydrogen-bond acceptors (Lipinski definition) is 2. The molecule has 2 N–H and O–H groups in total. The molecule has 3 aromatic rings. The molecule has 21 heavy (non-hydrogen) atoms. The SMILES string of the molecule is COc1cccc2c1ccn2Cc1cc(CN)ccc1F. The van der Waals surface area contributed by atoms with Gasteiger partial charge in [-0.05, 0) is 35.9 Å². The summed E-state index contributed by atoms with van der Waals surface area (Å²) in [4.78, 5) is 0. The van der Waals surface area contributed by atoms with Crippen LogP contribution in [0.3, 0.4) is 0 Å². The Morgan fingerprint density at radius 2 is 2.05 bits per heavy atom. The van der Waals surface area contributed by atoms with Gasteiger partial charge in [0.05, 0.1) is 19.2 Å². The Balaban J connectivity index is 2.02. The quantitative estimate of drug-likeness (QED) is 0.798. The van der Waals surface area contributed by atoms with Gasteiger partial charge in [0.1, 0.15) is 11.6 Å². The van der Waals surface area contributed by atoms with Crippen molar-refractivity contribution in [3.63, 3.8) is 0 Å². The van der Waals surface area contributed by atoms with Crippen LogP contribution in [0, 0.1) is 5.82 Å². The minimum absolute atomic E-state index is 0.211. The highest BCUT2D eigenvalue weighted by atomic mass is 19.1. The number of nitrogens with zero attached hydrogens (tertiary/aromatic N) is 1. The van der Waals surface area contributed by atoms with E-state index in [0.29, 0.717) is 18.7 Å². The molecule has 3 rings (SSSR count). The number of fused-ring (bicyclic) bond motifs is 1. The predicted octanol–water partition coefficient (Wildman–Crippen LogP) is 3.30. The van der Waals surface area contributed by atoms with Gasteiger partial charge in [0.2, 0.25) is 0 Å². The lowest BCUT2D eigenvalue weighted by molar-refractivity contribution is 0.420. The van der Waals surface area contributed by atoms with E-state index in [4.69, 9.17) is 10.5 Å². The molecule has 108 valence electrons. The first-order valence-corrected chi connectivity index (χ1v) is 6.82. The summed E-state index contributed by atoms with van der Waals surface area (Å²) < 4.78 is 21.3. The number of methoxy groups -OCH3 is 1. The summed E-state index contributed by atoms with van der Waals surface area (Å²) in [5.74, 6) is 0.611. The molecule has 1 aromatic heterocycles. The summed E-state index contributed by atoms with van der Waals surface area (Å²) in [5.41, 5.74) is 8.21. The minimum atomic E-state index is -0.211. The Kier molecular flexibility index (Phi) is 3.62. The van der Waals surface area contributed by atoms with E-state index in [2.05, 4.69) is 0 Å². The van der Waals surface area contributed by atoms with Crippen molar-refractivity contribution >= 4 is 10.9 Å². The molecule has 0 bridgehead atoms. The molecular formula is C17H17FN2O. The van der Waals surface area contributed by atoms with Crippen molar-refractivity contribution < 1.29 is 9.13 Å². The van der Waals surface area contributed by atoms with Crippen LogP contribution in [-0.2, 0) is 13.1 Å². The lowest BCUT2D eigenvalue weighted by Gasteiger charge is -2.09. The number of benzene rings is 2. The second kappa shape index (κ2) is 5.58. The molecular weight excluding hydrogens is 267 g/mol. The maximum Gasteiger partial charge on any atom is 0.128 e. The van der Waals surface area contributed by atoms with Gasteiger partial charge in [-0.2, -0.15) is 0 Å². The first kappa shape index (κ1) is 13.6. The van der Waals surface area contributed by atoms with Gasteiger partial charge in [0.15, 0.2) is 0 Å². The molecule has 0 fully saturated rings. The van der Waals surface area contributed by atoms with E-state index in [1.165, 1.54) is 6.07 Å². The lowest BCUT2D eigenvalue weighted by atomic mass is 10.1. The summed E-state index contributed by atoms with van der Waals surface area (Å²) in [6.45, 7) is 0.879. The van der Waals surface area contributed by atoms with Crippen LogP contribution in [0.2, 0.25) is 0 Å². The summed E-state index contributed by atoms with van der Waals surface area (Å²) >= 11 is 0. The second-order valence-corrected chi connectivity index (χ2v) is 4.97. The van der Waals surface area contributed by atoms with E-state index in [-0.39, 0.29) is 5.82 Å². The molecule has 0 spiro atoms. The molecule has 0 aliphatic carbocycles. The number of rotatable bonds is 4. The van der Waals surface area contributed by atoms with Crippen molar-refractivity contribution in [3.05, 3.63) is 65.6 Å². The highest BCUT2D eigenvalue weighted by molar-refractivity contribution is 5.86. The van der Waals surface area contributed by atoms with Gasteiger partial charge in [0.25, 0.3) is 0 Å². The molecule has 0 saturated heterocycles.